The molecule has 0 radical (unpaired) electrons. The van der Waals surface area contributed by atoms with E-state index >= 15 is 0 Å². The second kappa shape index (κ2) is 6.75. The lowest BCUT2D eigenvalue weighted by atomic mass is 10.0. The van der Waals surface area contributed by atoms with E-state index in [0.717, 1.165) is 31.7 Å². The Labute approximate surface area is 113 Å². The van der Waals surface area contributed by atoms with Gasteiger partial charge in [-0.2, -0.15) is 0 Å². The molecule has 1 fully saturated rings. The van der Waals surface area contributed by atoms with Gasteiger partial charge in [0.15, 0.2) is 11.5 Å². The predicted octanol–water partition coefficient (Wildman–Crippen LogP) is 0.729. The minimum absolute atomic E-state index is 0.0108. The number of aromatic hydroxyl groups is 1. The molecule has 0 bridgehead atoms. The molecular weight excluding hydrogens is 244 g/mol. The van der Waals surface area contributed by atoms with E-state index in [4.69, 9.17) is 4.74 Å². The van der Waals surface area contributed by atoms with E-state index in [1.807, 2.05) is 19.1 Å². The van der Waals surface area contributed by atoms with Gasteiger partial charge >= 0.3 is 0 Å². The van der Waals surface area contributed by atoms with Gasteiger partial charge in [0.25, 0.3) is 0 Å². The summed E-state index contributed by atoms with van der Waals surface area (Å²) in [7, 11) is 0. The second-order valence-corrected chi connectivity index (χ2v) is 4.61. The fraction of sp³-hybridized carbons (Fsp3) is 0.571. The number of nitrogens with one attached hydrogen (secondary N) is 1. The number of benzene rings is 1. The molecule has 2 rings (SSSR count). The average molecular weight is 266 g/mol. The molecule has 106 valence electrons. The van der Waals surface area contributed by atoms with Gasteiger partial charge in [-0.05, 0) is 13.0 Å². The average Bonchev–Trinajstić information content (AvgIpc) is 2.45. The Hall–Kier alpha value is -1.30. The lowest BCUT2D eigenvalue weighted by Crippen LogP contribution is -2.46. The molecule has 0 saturated carbocycles. The van der Waals surface area contributed by atoms with Crippen LogP contribution in [0.3, 0.4) is 0 Å². The van der Waals surface area contributed by atoms with Crippen LogP contribution in [0.5, 0.6) is 11.5 Å². The third kappa shape index (κ3) is 3.18. The Morgan fingerprint density at radius 2 is 2.11 bits per heavy atom. The van der Waals surface area contributed by atoms with Gasteiger partial charge in [0.1, 0.15) is 0 Å². The lowest BCUT2D eigenvalue weighted by Gasteiger charge is -2.34. The molecule has 5 nitrogen and oxygen atoms in total. The summed E-state index contributed by atoms with van der Waals surface area (Å²) in [5.74, 6) is 0.621. The van der Waals surface area contributed by atoms with Gasteiger partial charge in [-0.25, -0.2) is 0 Å². The van der Waals surface area contributed by atoms with Crippen molar-refractivity contribution in [2.24, 2.45) is 0 Å². The molecule has 1 aromatic rings. The largest absolute Gasteiger partial charge is 0.504 e. The van der Waals surface area contributed by atoms with Gasteiger partial charge < -0.3 is 20.3 Å². The molecule has 0 unspecified atom stereocenters. The molecule has 1 atom stereocenters. The number of phenols is 1. The van der Waals surface area contributed by atoms with Crippen molar-refractivity contribution in [1.29, 1.82) is 0 Å². The van der Waals surface area contributed by atoms with Gasteiger partial charge in [0.05, 0.1) is 19.3 Å². The van der Waals surface area contributed by atoms with E-state index in [0.29, 0.717) is 12.4 Å². The smallest absolute Gasteiger partial charge is 0.162 e. The Morgan fingerprint density at radius 1 is 1.37 bits per heavy atom. The first-order chi connectivity index (χ1) is 9.27. The quantitative estimate of drug-likeness (QED) is 0.733. The zero-order valence-electron chi connectivity index (χ0n) is 11.3. The second-order valence-electron chi connectivity index (χ2n) is 4.61. The number of piperazine rings is 1. The Bertz CT molecular complexity index is 406. The zero-order chi connectivity index (χ0) is 13.7. The Balaban J connectivity index is 2.24. The molecule has 5 heteroatoms. The highest BCUT2D eigenvalue weighted by atomic mass is 16.5. The standard InChI is InChI=1S/C14H22N2O3/c1-2-19-13-5-3-4-11(14(13)18)12(10-17)16-8-6-15-7-9-16/h3-5,12,15,17-18H,2,6-10H2,1H3/t12-/m0/s1. The van der Waals surface area contributed by atoms with Crippen LogP contribution < -0.4 is 10.1 Å². The van der Waals surface area contributed by atoms with E-state index in [1.54, 1.807) is 6.07 Å². The fourth-order valence-electron chi connectivity index (χ4n) is 2.48. The van der Waals surface area contributed by atoms with Crippen LogP contribution in [-0.2, 0) is 0 Å². The minimum Gasteiger partial charge on any atom is -0.504 e. The van der Waals surface area contributed by atoms with Crippen molar-refractivity contribution in [3.05, 3.63) is 23.8 Å². The van der Waals surface area contributed by atoms with E-state index in [1.165, 1.54) is 0 Å². The van der Waals surface area contributed by atoms with E-state index in [2.05, 4.69) is 10.2 Å². The highest BCUT2D eigenvalue weighted by Gasteiger charge is 2.24. The van der Waals surface area contributed by atoms with Crippen LogP contribution >= 0.6 is 0 Å². The molecule has 0 amide bonds. The predicted molar refractivity (Wildman–Crippen MR) is 73.5 cm³/mol. The number of hydrogen-bond donors (Lipinski definition) is 3. The molecule has 1 heterocycles. The molecule has 3 N–H and O–H groups in total. The van der Waals surface area contributed by atoms with Crippen molar-refractivity contribution in [1.82, 2.24) is 10.2 Å². The van der Waals surface area contributed by atoms with Gasteiger partial charge in [-0.1, -0.05) is 12.1 Å². The van der Waals surface area contributed by atoms with E-state index in [9.17, 15) is 10.2 Å². The first kappa shape index (κ1) is 14.1. The zero-order valence-corrected chi connectivity index (χ0v) is 11.3. The van der Waals surface area contributed by atoms with Crippen molar-refractivity contribution < 1.29 is 14.9 Å². The number of para-hydroxylation sites is 1. The van der Waals surface area contributed by atoms with Crippen LogP contribution in [0.2, 0.25) is 0 Å². The van der Waals surface area contributed by atoms with Crippen molar-refractivity contribution in [2.45, 2.75) is 13.0 Å². The molecule has 1 aliphatic heterocycles. The molecule has 19 heavy (non-hydrogen) atoms. The summed E-state index contributed by atoms with van der Waals surface area (Å²) in [5.41, 5.74) is 0.732. The minimum atomic E-state index is -0.178. The summed E-state index contributed by atoms with van der Waals surface area (Å²) < 4.78 is 5.40. The fourth-order valence-corrected chi connectivity index (χ4v) is 2.48. The van der Waals surface area contributed by atoms with Gasteiger partial charge in [0, 0.05) is 31.7 Å². The number of rotatable bonds is 5. The summed E-state index contributed by atoms with van der Waals surface area (Å²) >= 11 is 0. The maximum Gasteiger partial charge on any atom is 0.162 e. The molecule has 1 aromatic carbocycles. The molecule has 1 saturated heterocycles. The Kier molecular flexibility index (Phi) is 5.01. The number of aliphatic hydroxyl groups is 1. The van der Waals surface area contributed by atoms with Crippen LogP contribution in [0.1, 0.15) is 18.5 Å². The van der Waals surface area contributed by atoms with Crippen molar-refractivity contribution in [3.8, 4) is 11.5 Å². The monoisotopic (exact) mass is 266 g/mol. The van der Waals surface area contributed by atoms with Crippen LogP contribution in [0.4, 0.5) is 0 Å². The van der Waals surface area contributed by atoms with Crippen LogP contribution in [0.25, 0.3) is 0 Å². The van der Waals surface area contributed by atoms with Gasteiger partial charge in [0.2, 0.25) is 0 Å². The van der Waals surface area contributed by atoms with E-state index in [-0.39, 0.29) is 18.4 Å². The normalized spacial score (nSPS) is 18.2. The molecule has 0 aliphatic carbocycles. The topological polar surface area (TPSA) is 65.0 Å². The van der Waals surface area contributed by atoms with Crippen molar-refractivity contribution >= 4 is 0 Å². The number of phenolic OH excluding ortho intramolecular Hbond substituents is 1. The van der Waals surface area contributed by atoms with Gasteiger partial charge in [-0.3, -0.25) is 4.90 Å². The SMILES string of the molecule is CCOc1cccc([C@H](CO)N2CCNCC2)c1O. The first-order valence-corrected chi connectivity index (χ1v) is 6.78. The Morgan fingerprint density at radius 3 is 2.74 bits per heavy atom. The van der Waals surface area contributed by atoms with E-state index < -0.39 is 0 Å². The van der Waals surface area contributed by atoms with Crippen molar-refractivity contribution in [2.75, 3.05) is 39.4 Å². The lowest BCUT2D eigenvalue weighted by molar-refractivity contribution is 0.108. The maximum absolute atomic E-state index is 10.3. The van der Waals surface area contributed by atoms with Gasteiger partial charge in [-0.15, -0.1) is 0 Å². The molecule has 0 aromatic heterocycles. The summed E-state index contributed by atoms with van der Waals surface area (Å²) in [6, 6.07) is 5.27. The van der Waals surface area contributed by atoms with Crippen LogP contribution in [0.15, 0.2) is 18.2 Å². The highest BCUT2D eigenvalue weighted by molar-refractivity contribution is 5.47. The summed E-state index contributed by atoms with van der Waals surface area (Å²) in [5, 5.41) is 23.2. The summed E-state index contributed by atoms with van der Waals surface area (Å²) in [6.45, 7) is 5.92. The summed E-state index contributed by atoms with van der Waals surface area (Å²) in [4.78, 5) is 2.18. The van der Waals surface area contributed by atoms with Crippen LogP contribution in [0, 0.1) is 0 Å². The van der Waals surface area contributed by atoms with Crippen LogP contribution in [-0.4, -0.2) is 54.5 Å². The molecular formula is C14H22N2O3. The number of hydrogen-bond acceptors (Lipinski definition) is 5. The first-order valence-electron chi connectivity index (χ1n) is 6.78. The molecule has 1 aliphatic rings. The van der Waals surface area contributed by atoms with Crippen molar-refractivity contribution in [3.63, 3.8) is 0 Å². The third-order valence-electron chi connectivity index (χ3n) is 3.45. The highest BCUT2D eigenvalue weighted by Crippen LogP contribution is 2.36. The molecule has 0 spiro atoms. The summed E-state index contributed by atoms with van der Waals surface area (Å²) in [6.07, 6.45) is 0. The third-order valence-corrected chi connectivity index (χ3v) is 3.45. The maximum atomic E-state index is 10.3. The number of aliphatic hydroxyl groups excluding tert-OH is 1. The number of ether oxygens (including phenoxy) is 1. The number of nitrogens with zero attached hydrogens (tertiary/aromatic N) is 1.